The third kappa shape index (κ3) is 25.1. The summed E-state index contributed by atoms with van der Waals surface area (Å²) in [6.07, 6.45) is 25.0. The van der Waals surface area contributed by atoms with Gasteiger partial charge in [0.25, 0.3) is 0 Å². The maximum Gasteiger partial charge on any atom is 0.165 e. The van der Waals surface area contributed by atoms with Gasteiger partial charge in [-0.3, -0.25) is 9.97 Å². The van der Waals surface area contributed by atoms with Gasteiger partial charge in [-0.15, -0.1) is 0 Å². The van der Waals surface area contributed by atoms with Crippen LogP contribution in [0.2, 0.25) is 44.4 Å². The molecule has 358 valence electrons. The molecule has 0 amide bonds. The van der Waals surface area contributed by atoms with Gasteiger partial charge in [-0.05, 0) is 79.9 Å². The molecule has 0 aliphatic rings. The highest BCUT2D eigenvalue weighted by atomic mass is 28.4. The molecule has 0 fully saturated rings. The second-order valence-corrected chi connectivity index (χ2v) is 30.3. The minimum absolute atomic E-state index is 0.0908. The van der Waals surface area contributed by atoms with Crippen LogP contribution in [0, 0.1) is 11.6 Å². The van der Waals surface area contributed by atoms with Crippen LogP contribution in [0.4, 0.5) is 8.78 Å². The van der Waals surface area contributed by atoms with Gasteiger partial charge < -0.3 is 19.3 Å². The van der Waals surface area contributed by atoms with Crippen molar-refractivity contribution in [2.75, 3.05) is 19.8 Å². The van der Waals surface area contributed by atoms with Crippen molar-refractivity contribution in [3.05, 3.63) is 84.7 Å². The van der Waals surface area contributed by atoms with Crippen LogP contribution < -0.4 is 14.2 Å². The highest BCUT2D eigenvalue weighted by Crippen LogP contribution is 2.28. The molecule has 4 rings (SSSR count). The van der Waals surface area contributed by atoms with E-state index in [2.05, 4.69) is 56.6 Å². The number of aromatic nitrogens is 2. The third-order valence-electron chi connectivity index (χ3n) is 11.0. The lowest BCUT2D eigenvalue weighted by Crippen LogP contribution is -2.37. The van der Waals surface area contributed by atoms with Gasteiger partial charge >= 0.3 is 0 Å². The Morgan fingerprint density at radius 3 is 1.33 bits per heavy atom. The highest BCUT2D eigenvalue weighted by Gasteiger charge is 2.27. The Labute approximate surface area is 390 Å². The Morgan fingerprint density at radius 2 is 0.922 bits per heavy atom. The molecule has 4 aromatic rings. The molecule has 0 saturated carbocycles. The number of benzene rings is 2. The van der Waals surface area contributed by atoms with Crippen LogP contribution >= 0.6 is 0 Å². The zero-order valence-corrected chi connectivity index (χ0v) is 43.5. The van der Waals surface area contributed by atoms with E-state index >= 15 is 0 Å². The van der Waals surface area contributed by atoms with Gasteiger partial charge in [0.2, 0.25) is 0 Å². The van der Waals surface area contributed by atoms with Crippen molar-refractivity contribution in [1.82, 2.24) is 9.97 Å². The lowest BCUT2D eigenvalue weighted by molar-refractivity contribution is 0.290. The van der Waals surface area contributed by atoms with Gasteiger partial charge in [-0.1, -0.05) is 168 Å². The Hall–Kier alpha value is -3.77. The topological polar surface area (TPSA) is 73.7 Å². The molecule has 0 bridgehead atoms. The minimum Gasteiger partial charge on any atom is -0.506 e. The number of hydrogen-bond donors (Lipinski definition) is 1. The molecule has 0 unspecified atom stereocenters. The number of aromatic hydroxyl groups is 1. The molecule has 0 aliphatic heterocycles. The van der Waals surface area contributed by atoms with Crippen LogP contribution in [0.15, 0.2) is 73.1 Å². The fraction of sp³-hybridized carbons (Fsp3) is 0.593. The summed E-state index contributed by atoms with van der Waals surface area (Å²) < 4.78 is 45.7. The summed E-state index contributed by atoms with van der Waals surface area (Å²) in [5, 5.41) is 9.23. The molecule has 64 heavy (non-hydrogen) atoms. The van der Waals surface area contributed by atoms with Crippen LogP contribution in [0.1, 0.15) is 143 Å². The SMILES string of the molecule is CC.CCCCCCCCOc1ccc(-c2ccc(O)cn2)cc1F.CCCCCCCCOc1ccc(-c2ccc(OCCCCCCCC[Si](C)(C)C[Si](C)(C)C)cn2)cc1F. The number of unbranched alkanes of at least 4 members (excludes halogenated alkanes) is 15. The molecule has 0 radical (unpaired) electrons. The molecule has 0 aliphatic carbocycles. The second-order valence-electron chi connectivity index (χ2n) is 18.9. The van der Waals surface area contributed by atoms with E-state index in [9.17, 15) is 13.9 Å². The number of rotatable bonds is 30. The van der Waals surface area contributed by atoms with Crippen molar-refractivity contribution in [2.24, 2.45) is 0 Å². The molecule has 10 heteroatoms. The Balaban J connectivity index is 0.000000477. The minimum atomic E-state index is -0.988. The predicted octanol–water partition coefficient (Wildman–Crippen LogP) is 17.3. The molecule has 0 spiro atoms. The largest absolute Gasteiger partial charge is 0.506 e. The number of hydrogen-bond acceptors (Lipinski definition) is 6. The fourth-order valence-corrected chi connectivity index (χ4v) is 21.4. The van der Waals surface area contributed by atoms with Crippen LogP contribution in [0.25, 0.3) is 22.5 Å². The Morgan fingerprint density at radius 1 is 0.500 bits per heavy atom. The van der Waals surface area contributed by atoms with Crippen molar-refractivity contribution < 1.29 is 28.1 Å². The van der Waals surface area contributed by atoms with Crippen molar-refractivity contribution in [2.45, 2.75) is 188 Å². The second kappa shape index (κ2) is 32.8. The summed E-state index contributed by atoms with van der Waals surface area (Å²) in [5.74, 6) is 0.739. The molecular weight excluding hydrogens is 835 g/mol. The highest BCUT2D eigenvalue weighted by molar-refractivity contribution is 6.94. The van der Waals surface area contributed by atoms with Crippen LogP contribution in [-0.2, 0) is 0 Å². The van der Waals surface area contributed by atoms with E-state index in [0.717, 1.165) is 55.7 Å². The Bertz CT molecular complexity index is 1790. The maximum absolute atomic E-state index is 14.6. The lowest BCUT2D eigenvalue weighted by atomic mass is 10.1. The summed E-state index contributed by atoms with van der Waals surface area (Å²) in [5.41, 5.74) is 4.32. The van der Waals surface area contributed by atoms with Gasteiger partial charge in [0, 0.05) is 27.3 Å². The molecule has 2 heterocycles. The van der Waals surface area contributed by atoms with E-state index in [4.69, 9.17) is 14.2 Å². The molecule has 0 saturated heterocycles. The first-order valence-electron chi connectivity index (χ1n) is 24.9. The summed E-state index contributed by atoms with van der Waals surface area (Å²) in [6, 6.07) is 18.4. The van der Waals surface area contributed by atoms with E-state index in [0.29, 0.717) is 30.2 Å². The fourth-order valence-electron chi connectivity index (χ4n) is 8.00. The van der Waals surface area contributed by atoms with E-state index in [-0.39, 0.29) is 23.1 Å². The standard InChI is InChI=1S/C33H56FNO2Si2.C19H24FNO2.C2H6/c1-7-8-9-10-13-17-24-37-33-22-19-29(26-31(33)34)32-21-20-30(27-35-32)36-23-16-14-11-12-15-18-25-39(5,6)28-38(2,3)4;1-2-3-4-5-6-7-12-23-19-11-8-15(13-17(19)20)18-10-9-16(22)14-21-18;1-2/h19-22,26-27H,7-18,23-25,28H2,1-6H3;8-11,13-14,22H,2-7,12H2,1H3;1-2H3. The Kier molecular flexibility index (Phi) is 28.9. The maximum atomic E-state index is 14.6. The zero-order valence-electron chi connectivity index (χ0n) is 41.5. The number of halogens is 2. The van der Waals surface area contributed by atoms with Gasteiger partial charge in [0.15, 0.2) is 23.1 Å². The van der Waals surface area contributed by atoms with E-state index in [1.165, 1.54) is 114 Å². The molecule has 0 atom stereocenters. The van der Waals surface area contributed by atoms with Crippen molar-refractivity contribution in [1.29, 1.82) is 0 Å². The van der Waals surface area contributed by atoms with E-state index in [1.54, 1.807) is 36.1 Å². The van der Waals surface area contributed by atoms with Crippen LogP contribution in [-0.4, -0.2) is 51.0 Å². The zero-order chi connectivity index (χ0) is 47.1. The smallest absolute Gasteiger partial charge is 0.165 e. The summed E-state index contributed by atoms with van der Waals surface area (Å²) in [6.45, 7) is 23.0. The number of pyridine rings is 2. The van der Waals surface area contributed by atoms with Gasteiger partial charge in [-0.2, -0.15) is 0 Å². The number of ether oxygens (including phenoxy) is 3. The average Bonchev–Trinajstić information content (AvgIpc) is 3.26. The van der Waals surface area contributed by atoms with Crippen LogP contribution in [0.5, 0.6) is 23.0 Å². The predicted molar refractivity (Wildman–Crippen MR) is 274 cm³/mol. The van der Waals surface area contributed by atoms with E-state index in [1.807, 2.05) is 32.0 Å². The first-order valence-corrected chi connectivity index (χ1v) is 32.0. The lowest BCUT2D eigenvalue weighted by Gasteiger charge is -2.29. The average molecular weight is 921 g/mol. The molecule has 6 nitrogen and oxygen atoms in total. The van der Waals surface area contributed by atoms with Crippen molar-refractivity contribution in [3.63, 3.8) is 0 Å². The van der Waals surface area contributed by atoms with Gasteiger partial charge in [0.1, 0.15) is 11.5 Å². The first-order chi connectivity index (χ1) is 30.8. The quantitative estimate of drug-likeness (QED) is 0.0415. The normalized spacial score (nSPS) is 11.3. The molecule has 2 aromatic heterocycles. The summed E-state index contributed by atoms with van der Waals surface area (Å²) in [7, 11) is -1.91. The molecule has 2 aromatic carbocycles. The molecular formula is C54H86F2N2O4Si2. The van der Waals surface area contributed by atoms with Crippen molar-refractivity contribution >= 4 is 16.1 Å². The molecule has 1 N–H and O–H groups in total. The van der Waals surface area contributed by atoms with Gasteiger partial charge in [0.05, 0.1) is 43.6 Å². The number of nitrogens with zero attached hydrogens (tertiary/aromatic N) is 2. The van der Waals surface area contributed by atoms with Crippen molar-refractivity contribution in [3.8, 4) is 45.5 Å². The summed E-state index contributed by atoms with van der Waals surface area (Å²) >= 11 is 0. The van der Waals surface area contributed by atoms with Gasteiger partial charge in [-0.25, -0.2) is 8.78 Å². The van der Waals surface area contributed by atoms with Crippen LogP contribution in [0.3, 0.4) is 0 Å². The third-order valence-corrected chi connectivity index (χ3v) is 20.8. The first kappa shape index (κ1) is 56.4. The van der Waals surface area contributed by atoms with E-state index < -0.39 is 16.1 Å². The monoisotopic (exact) mass is 921 g/mol. The summed E-state index contributed by atoms with van der Waals surface area (Å²) in [4.78, 5) is 8.57.